The van der Waals surface area contributed by atoms with Gasteiger partial charge in [0.2, 0.25) is 0 Å². The first-order valence-corrected chi connectivity index (χ1v) is 8.16. The Hall–Kier alpha value is -1.95. The van der Waals surface area contributed by atoms with Gasteiger partial charge in [-0.15, -0.1) is 0 Å². The van der Waals surface area contributed by atoms with Crippen molar-refractivity contribution in [3.05, 3.63) is 23.8 Å². The number of likely N-dealkylation sites (N-methyl/N-ethyl adjacent to an activating group) is 1. The molecule has 1 unspecified atom stereocenters. The van der Waals surface area contributed by atoms with Crippen molar-refractivity contribution in [1.29, 1.82) is 0 Å². The van der Waals surface area contributed by atoms with E-state index in [1.54, 1.807) is 14.2 Å². The molecule has 1 aromatic carbocycles. The summed E-state index contributed by atoms with van der Waals surface area (Å²) in [4.78, 5) is 6.89. The first-order chi connectivity index (χ1) is 11.2. The van der Waals surface area contributed by atoms with Crippen molar-refractivity contribution < 1.29 is 9.47 Å². The third kappa shape index (κ3) is 4.76. The lowest BCUT2D eigenvalue weighted by Crippen LogP contribution is -2.42. The van der Waals surface area contributed by atoms with Gasteiger partial charge in [0, 0.05) is 24.2 Å². The summed E-state index contributed by atoms with van der Waals surface area (Å²) in [5.41, 5.74) is 6.97. The lowest BCUT2D eigenvalue weighted by molar-refractivity contribution is 0.267. The molecule has 0 spiro atoms. The van der Waals surface area contributed by atoms with Crippen LogP contribution in [0.25, 0.3) is 0 Å². The van der Waals surface area contributed by atoms with E-state index in [1.165, 1.54) is 19.4 Å². The largest absolute Gasteiger partial charge is 0.497 e. The molecular formula is C17H28N4O2. The monoisotopic (exact) mass is 320 g/mol. The van der Waals surface area contributed by atoms with Crippen LogP contribution in [0.2, 0.25) is 0 Å². The number of hydrogen-bond donors (Lipinski definition) is 2. The quantitative estimate of drug-likeness (QED) is 0.590. The van der Waals surface area contributed by atoms with Crippen LogP contribution in [0.1, 0.15) is 25.3 Å². The molecule has 0 bridgehead atoms. The molecule has 6 nitrogen and oxygen atoms in total. The van der Waals surface area contributed by atoms with E-state index in [9.17, 15) is 0 Å². The number of nitrogens with two attached hydrogens (primary N) is 1. The molecule has 0 amide bonds. The lowest BCUT2D eigenvalue weighted by atomic mass is 10.2. The molecule has 1 aliphatic heterocycles. The predicted octanol–water partition coefficient (Wildman–Crippen LogP) is 1.59. The molecule has 0 radical (unpaired) electrons. The topological polar surface area (TPSA) is 72.1 Å². The first kappa shape index (κ1) is 17.4. The highest BCUT2D eigenvalue weighted by Crippen LogP contribution is 2.25. The van der Waals surface area contributed by atoms with E-state index in [2.05, 4.69) is 22.1 Å². The van der Waals surface area contributed by atoms with Gasteiger partial charge in [0.25, 0.3) is 0 Å². The van der Waals surface area contributed by atoms with Crippen molar-refractivity contribution in [2.75, 3.05) is 33.9 Å². The van der Waals surface area contributed by atoms with Crippen LogP contribution in [0.3, 0.4) is 0 Å². The minimum absolute atomic E-state index is 0.478. The number of methoxy groups -OCH3 is 2. The van der Waals surface area contributed by atoms with Gasteiger partial charge in [-0.05, 0) is 38.1 Å². The van der Waals surface area contributed by atoms with E-state index < -0.39 is 0 Å². The molecule has 0 aliphatic carbocycles. The van der Waals surface area contributed by atoms with Gasteiger partial charge in [0.05, 0.1) is 20.8 Å². The number of nitrogens with one attached hydrogen (secondary N) is 1. The zero-order valence-corrected chi connectivity index (χ0v) is 14.3. The average molecular weight is 320 g/mol. The number of guanidine groups is 1. The Labute approximate surface area is 138 Å². The van der Waals surface area contributed by atoms with E-state index in [0.717, 1.165) is 30.2 Å². The highest BCUT2D eigenvalue weighted by atomic mass is 16.5. The normalized spacial score (nSPS) is 18.9. The summed E-state index contributed by atoms with van der Waals surface area (Å²) in [6, 6.07) is 6.26. The summed E-state index contributed by atoms with van der Waals surface area (Å²) in [5.74, 6) is 2.00. The van der Waals surface area contributed by atoms with Gasteiger partial charge in [-0.2, -0.15) is 0 Å². The van der Waals surface area contributed by atoms with Gasteiger partial charge in [-0.1, -0.05) is 6.92 Å². The number of ether oxygens (including phenoxy) is 2. The fourth-order valence-electron chi connectivity index (χ4n) is 2.97. The molecule has 23 heavy (non-hydrogen) atoms. The molecular weight excluding hydrogens is 292 g/mol. The van der Waals surface area contributed by atoms with E-state index in [0.29, 0.717) is 18.5 Å². The fourth-order valence-corrected chi connectivity index (χ4v) is 2.97. The van der Waals surface area contributed by atoms with Crippen molar-refractivity contribution in [2.24, 2.45) is 10.7 Å². The standard InChI is InChI=1S/C17H28N4O2/c1-4-21-9-5-6-14(21)12-20-17(18)19-11-13-7-8-15(22-2)10-16(13)23-3/h7-8,10,14H,4-6,9,11-12H2,1-3H3,(H3,18,19,20). The van der Waals surface area contributed by atoms with Gasteiger partial charge in [-0.25, -0.2) is 4.99 Å². The van der Waals surface area contributed by atoms with Crippen LogP contribution >= 0.6 is 0 Å². The van der Waals surface area contributed by atoms with Gasteiger partial charge in [0.15, 0.2) is 5.96 Å². The van der Waals surface area contributed by atoms with Gasteiger partial charge in [0.1, 0.15) is 11.5 Å². The van der Waals surface area contributed by atoms with Crippen molar-refractivity contribution in [1.82, 2.24) is 10.2 Å². The predicted molar refractivity (Wildman–Crippen MR) is 93.1 cm³/mol. The maximum Gasteiger partial charge on any atom is 0.188 e. The molecule has 0 aromatic heterocycles. The van der Waals surface area contributed by atoms with E-state index in [-0.39, 0.29) is 0 Å². The molecule has 1 saturated heterocycles. The molecule has 1 heterocycles. The van der Waals surface area contributed by atoms with Crippen LogP contribution in [-0.2, 0) is 6.54 Å². The smallest absolute Gasteiger partial charge is 0.188 e. The summed E-state index contributed by atoms with van der Waals surface area (Å²) in [6.07, 6.45) is 2.49. The van der Waals surface area contributed by atoms with E-state index in [1.807, 2.05) is 18.2 Å². The third-order valence-electron chi connectivity index (χ3n) is 4.34. The molecule has 128 valence electrons. The van der Waals surface area contributed by atoms with Crippen LogP contribution in [0.5, 0.6) is 11.5 Å². The van der Waals surface area contributed by atoms with Crippen molar-refractivity contribution >= 4 is 5.96 Å². The molecule has 1 aromatic rings. The van der Waals surface area contributed by atoms with Crippen molar-refractivity contribution in [3.63, 3.8) is 0 Å². The first-order valence-electron chi connectivity index (χ1n) is 8.16. The number of aliphatic imine (C=N–C) groups is 1. The molecule has 1 aliphatic rings. The molecule has 1 fully saturated rings. The summed E-state index contributed by atoms with van der Waals surface area (Å²) in [7, 11) is 3.28. The number of benzene rings is 1. The van der Waals surface area contributed by atoms with E-state index in [4.69, 9.17) is 15.2 Å². The number of hydrogen-bond acceptors (Lipinski definition) is 4. The van der Waals surface area contributed by atoms with Crippen LogP contribution in [-0.4, -0.2) is 50.8 Å². The highest BCUT2D eigenvalue weighted by molar-refractivity contribution is 5.77. The van der Waals surface area contributed by atoms with Crippen LogP contribution < -0.4 is 20.5 Å². The molecule has 1 atom stereocenters. The van der Waals surface area contributed by atoms with Crippen LogP contribution in [0, 0.1) is 0 Å². The van der Waals surface area contributed by atoms with Gasteiger partial charge < -0.3 is 20.5 Å². The summed E-state index contributed by atoms with van der Waals surface area (Å²) >= 11 is 0. The molecule has 2 rings (SSSR count). The Bertz CT molecular complexity index is 533. The Balaban J connectivity index is 1.89. The molecule has 3 N–H and O–H groups in total. The van der Waals surface area contributed by atoms with Crippen LogP contribution in [0.4, 0.5) is 0 Å². The second-order valence-corrected chi connectivity index (χ2v) is 5.68. The SMILES string of the molecule is CCN1CCCC1CNC(N)=NCc1ccc(OC)cc1OC. The van der Waals surface area contributed by atoms with E-state index >= 15 is 0 Å². The van der Waals surface area contributed by atoms with Gasteiger partial charge >= 0.3 is 0 Å². The number of rotatable bonds is 7. The average Bonchev–Trinajstić information content (AvgIpc) is 3.05. The zero-order valence-electron chi connectivity index (χ0n) is 14.3. The maximum absolute atomic E-state index is 5.99. The Morgan fingerprint density at radius 1 is 1.39 bits per heavy atom. The Morgan fingerprint density at radius 2 is 2.22 bits per heavy atom. The molecule has 0 saturated carbocycles. The maximum atomic E-state index is 5.99. The highest BCUT2D eigenvalue weighted by Gasteiger charge is 2.22. The second kappa shape index (κ2) is 8.62. The lowest BCUT2D eigenvalue weighted by Gasteiger charge is -2.23. The summed E-state index contributed by atoms with van der Waals surface area (Å²) < 4.78 is 10.6. The van der Waals surface area contributed by atoms with Gasteiger partial charge in [-0.3, -0.25) is 4.90 Å². The Kier molecular flexibility index (Phi) is 6.52. The Morgan fingerprint density at radius 3 is 2.91 bits per heavy atom. The second-order valence-electron chi connectivity index (χ2n) is 5.68. The van der Waals surface area contributed by atoms with Crippen molar-refractivity contribution in [2.45, 2.75) is 32.4 Å². The summed E-state index contributed by atoms with van der Waals surface area (Å²) in [6.45, 7) is 5.80. The third-order valence-corrected chi connectivity index (χ3v) is 4.34. The zero-order chi connectivity index (χ0) is 16.7. The minimum Gasteiger partial charge on any atom is -0.497 e. The minimum atomic E-state index is 0.478. The number of nitrogens with zero attached hydrogens (tertiary/aromatic N) is 2. The van der Waals surface area contributed by atoms with Crippen LogP contribution in [0.15, 0.2) is 23.2 Å². The molecule has 6 heteroatoms. The summed E-state index contributed by atoms with van der Waals surface area (Å²) in [5, 5.41) is 3.24. The van der Waals surface area contributed by atoms with Crippen molar-refractivity contribution in [3.8, 4) is 11.5 Å². The fraction of sp³-hybridized carbons (Fsp3) is 0.588. The number of likely N-dealkylation sites (tertiary alicyclic amines) is 1.